The fraction of sp³-hybridized carbons (Fsp3) is 0.100. The average Bonchev–Trinajstić information content (AvgIpc) is 2.63. The molecule has 5 heteroatoms. The van der Waals surface area contributed by atoms with Gasteiger partial charge in [-0.25, -0.2) is 9.36 Å². The smallest absolute Gasteiger partial charge is 0.295 e. The van der Waals surface area contributed by atoms with Crippen molar-refractivity contribution >= 4 is 0 Å². The van der Waals surface area contributed by atoms with Crippen molar-refractivity contribution in [2.75, 3.05) is 0 Å². The number of hydrogen-bond acceptors (Lipinski definition) is 4. The van der Waals surface area contributed by atoms with Crippen LogP contribution in [0.5, 0.6) is 0 Å². The molecule has 0 N–H and O–H groups in total. The Morgan fingerprint density at radius 1 is 1.53 bits per heavy atom. The van der Waals surface area contributed by atoms with E-state index in [4.69, 9.17) is 6.42 Å². The first-order valence-electron chi connectivity index (χ1n) is 4.24. The van der Waals surface area contributed by atoms with Crippen LogP contribution in [0.4, 0.5) is 0 Å². The number of rotatable bonds is 2. The van der Waals surface area contributed by atoms with Crippen LogP contribution >= 0.6 is 0 Å². The van der Waals surface area contributed by atoms with E-state index in [0.29, 0.717) is 11.5 Å². The van der Waals surface area contributed by atoms with Gasteiger partial charge in [0.2, 0.25) is 5.82 Å². The Morgan fingerprint density at radius 3 is 3.07 bits per heavy atom. The van der Waals surface area contributed by atoms with E-state index in [1.165, 1.54) is 4.57 Å². The zero-order chi connectivity index (χ0) is 10.7. The minimum absolute atomic E-state index is 0.119. The summed E-state index contributed by atoms with van der Waals surface area (Å²) in [5.74, 6) is 2.13. The Kier molecular flexibility index (Phi) is 2.33. The van der Waals surface area contributed by atoms with Crippen LogP contribution in [0, 0.1) is 12.3 Å². The van der Waals surface area contributed by atoms with E-state index < -0.39 is 5.76 Å². The van der Waals surface area contributed by atoms with E-state index in [-0.39, 0.29) is 6.54 Å². The maximum Gasteiger partial charge on any atom is 0.442 e. The molecule has 0 spiro atoms. The van der Waals surface area contributed by atoms with Gasteiger partial charge in [0.15, 0.2) is 0 Å². The third-order valence-electron chi connectivity index (χ3n) is 1.83. The fourth-order valence-electron chi connectivity index (χ4n) is 1.18. The zero-order valence-electron chi connectivity index (χ0n) is 7.75. The molecule has 15 heavy (non-hydrogen) atoms. The number of terminal acetylenes is 1. The van der Waals surface area contributed by atoms with Crippen molar-refractivity contribution in [3.05, 3.63) is 34.9 Å². The summed E-state index contributed by atoms with van der Waals surface area (Å²) in [5, 5.41) is 3.62. The summed E-state index contributed by atoms with van der Waals surface area (Å²) in [6.45, 7) is 0.119. The molecule has 0 aromatic carbocycles. The Bertz CT molecular complexity index is 548. The first-order chi connectivity index (χ1) is 7.33. The maximum atomic E-state index is 11.2. The van der Waals surface area contributed by atoms with Gasteiger partial charge < -0.3 is 0 Å². The topological polar surface area (TPSA) is 60.9 Å². The Balaban J connectivity index is 2.55. The van der Waals surface area contributed by atoms with E-state index >= 15 is 0 Å². The van der Waals surface area contributed by atoms with Crippen molar-refractivity contribution < 1.29 is 4.52 Å². The Morgan fingerprint density at radius 2 is 2.40 bits per heavy atom. The second kappa shape index (κ2) is 3.80. The largest absolute Gasteiger partial charge is 0.442 e. The van der Waals surface area contributed by atoms with Gasteiger partial charge in [-0.05, 0) is 12.1 Å². The summed E-state index contributed by atoms with van der Waals surface area (Å²) in [7, 11) is 0. The first kappa shape index (κ1) is 9.21. The van der Waals surface area contributed by atoms with Gasteiger partial charge >= 0.3 is 5.76 Å². The van der Waals surface area contributed by atoms with Crippen molar-refractivity contribution in [3.63, 3.8) is 0 Å². The Labute approximate surface area is 85.4 Å². The van der Waals surface area contributed by atoms with E-state index in [9.17, 15) is 4.79 Å². The van der Waals surface area contributed by atoms with Crippen molar-refractivity contribution in [1.29, 1.82) is 0 Å². The van der Waals surface area contributed by atoms with Gasteiger partial charge in [-0.1, -0.05) is 17.1 Å². The lowest BCUT2D eigenvalue weighted by Crippen LogP contribution is -2.14. The summed E-state index contributed by atoms with van der Waals surface area (Å²) in [6, 6.07) is 5.29. The van der Waals surface area contributed by atoms with Crippen LogP contribution < -0.4 is 5.76 Å². The lowest BCUT2D eigenvalue weighted by Gasteiger charge is -1.98. The predicted molar refractivity (Wildman–Crippen MR) is 52.8 cm³/mol. The van der Waals surface area contributed by atoms with Crippen LogP contribution in [-0.4, -0.2) is 14.7 Å². The van der Waals surface area contributed by atoms with Crippen LogP contribution in [0.2, 0.25) is 0 Å². The first-order valence-corrected chi connectivity index (χ1v) is 4.24. The molecule has 2 aromatic heterocycles. The van der Waals surface area contributed by atoms with Crippen molar-refractivity contribution in [3.8, 4) is 23.9 Å². The van der Waals surface area contributed by atoms with Gasteiger partial charge in [-0.15, -0.1) is 6.42 Å². The second-order valence-corrected chi connectivity index (χ2v) is 2.78. The average molecular weight is 201 g/mol. The summed E-state index contributed by atoms with van der Waals surface area (Å²) in [6.07, 6.45) is 6.74. The molecule has 5 nitrogen and oxygen atoms in total. The maximum absolute atomic E-state index is 11.2. The highest BCUT2D eigenvalue weighted by Crippen LogP contribution is 2.10. The van der Waals surface area contributed by atoms with Crippen LogP contribution in [0.15, 0.2) is 33.7 Å². The molecule has 2 heterocycles. The van der Waals surface area contributed by atoms with Crippen molar-refractivity contribution in [1.82, 2.24) is 14.7 Å². The van der Waals surface area contributed by atoms with Gasteiger partial charge in [0.05, 0.1) is 6.54 Å². The summed E-state index contributed by atoms with van der Waals surface area (Å²) >= 11 is 0. The van der Waals surface area contributed by atoms with Crippen LogP contribution in [0.25, 0.3) is 11.5 Å². The number of pyridine rings is 1. The van der Waals surface area contributed by atoms with E-state index in [0.717, 1.165) is 0 Å². The minimum atomic E-state index is -0.575. The molecule has 0 bridgehead atoms. The summed E-state index contributed by atoms with van der Waals surface area (Å²) in [5.41, 5.74) is 0.554. The standard InChI is InChI=1S/C10H7N3O2/c1-2-7-13-9(12-15-10(13)14)8-5-3-4-6-11-8/h1,3-6H,7H2. The molecule has 0 atom stereocenters. The molecule has 0 aliphatic rings. The van der Waals surface area contributed by atoms with Gasteiger partial charge in [-0.3, -0.25) is 9.51 Å². The monoisotopic (exact) mass is 201 g/mol. The highest BCUT2D eigenvalue weighted by atomic mass is 16.5. The molecule has 0 aliphatic carbocycles. The number of nitrogens with zero attached hydrogens (tertiary/aromatic N) is 3. The third kappa shape index (κ3) is 1.65. The molecule has 0 fully saturated rings. The van der Waals surface area contributed by atoms with Crippen LogP contribution in [-0.2, 0) is 6.54 Å². The molecule has 74 valence electrons. The molecule has 0 amide bonds. The summed E-state index contributed by atoms with van der Waals surface area (Å²) in [4.78, 5) is 15.3. The zero-order valence-corrected chi connectivity index (χ0v) is 7.75. The molecule has 0 aliphatic heterocycles. The van der Waals surface area contributed by atoms with Gasteiger partial charge in [0.1, 0.15) is 5.69 Å². The molecular weight excluding hydrogens is 194 g/mol. The van der Waals surface area contributed by atoms with Crippen LogP contribution in [0.3, 0.4) is 0 Å². The SMILES string of the molecule is C#CCn1c(-c2ccccn2)noc1=O. The summed E-state index contributed by atoms with van der Waals surface area (Å²) < 4.78 is 5.78. The quantitative estimate of drug-likeness (QED) is 0.665. The third-order valence-corrected chi connectivity index (χ3v) is 1.83. The molecule has 0 saturated carbocycles. The minimum Gasteiger partial charge on any atom is -0.295 e. The van der Waals surface area contributed by atoms with Gasteiger partial charge in [0, 0.05) is 6.20 Å². The Hall–Kier alpha value is -2.35. The second-order valence-electron chi connectivity index (χ2n) is 2.78. The molecular formula is C10H7N3O2. The lowest BCUT2D eigenvalue weighted by molar-refractivity contribution is 0.379. The molecule has 0 radical (unpaired) electrons. The predicted octanol–water partition coefficient (Wildman–Crippen LogP) is 0.531. The van der Waals surface area contributed by atoms with Gasteiger partial charge in [0.25, 0.3) is 0 Å². The molecule has 0 saturated heterocycles. The van der Waals surface area contributed by atoms with E-state index in [2.05, 4.69) is 20.6 Å². The normalized spacial score (nSPS) is 9.80. The molecule has 0 unspecified atom stereocenters. The fourth-order valence-corrected chi connectivity index (χ4v) is 1.18. The molecule has 2 aromatic rings. The lowest BCUT2D eigenvalue weighted by atomic mass is 10.3. The van der Waals surface area contributed by atoms with Crippen molar-refractivity contribution in [2.45, 2.75) is 6.54 Å². The van der Waals surface area contributed by atoms with Crippen LogP contribution in [0.1, 0.15) is 0 Å². The highest BCUT2D eigenvalue weighted by Gasteiger charge is 2.11. The van der Waals surface area contributed by atoms with Gasteiger partial charge in [-0.2, -0.15) is 0 Å². The molecule has 2 rings (SSSR count). The van der Waals surface area contributed by atoms with E-state index in [1.807, 2.05) is 0 Å². The van der Waals surface area contributed by atoms with Crippen molar-refractivity contribution in [2.24, 2.45) is 0 Å². The highest BCUT2D eigenvalue weighted by molar-refractivity contribution is 5.47. The van der Waals surface area contributed by atoms with E-state index in [1.54, 1.807) is 24.4 Å². The number of hydrogen-bond donors (Lipinski definition) is 0. The number of aromatic nitrogens is 3.